The van der Waals surface area contributed by atoms with Crippen LogP contribution in [-0.4, -0.2) is 74.0 Å². The average Bonchev–Trinajstić information content (AvgIpc) is 3.19. The zero-order chi connectivity index (χ0) is 20.3. The Kier molecular flexibility index (Phi) is 6.46. The van der Waals surface area contributed by atoms with Crippen molar-refractivity contribution in [1.29, 1.82) is 0 Å². The molecule has 2 aromatic rings. The quantitative estimate of drug-likeness (QED) is 0.746. The molecule has 1 amide bonds. The molecule has 3 rings (SSSR count). The van der Waals surface area contributed by atoms with Crippen molar-refractivity contribution in [2.24, 2.45) is 7.05 Å². The van der Waals surface area contributed by atoms with Gasteiger partial charge in [0.1, 0.15) is 17.4 Å². The molecule has 28 heavy (non-hydrogen) atoms. The molecule has 2 aromatic heterocycles. The first-order valence-electron chi connectivity index (χ1n) is 9.77. The lowest BCUT2D eigenvalue weighted by molar-refractivity contribution is -0.131. The Morgan fingerprint density at radius 3 is 2.61 bits per heavy atom. The van der Waals surface area contributed by atoms with Crippen LogP contribution in [0, 0.1) is 13.8 Å². The molecule has 9 heteroatoms. The number of aromatic nitrogens is 4. The Balaban J connectivity index is 1.57. The molecule has 154 valence electrons. The second-order valence-electron chi connectivity index (χ2n) is 7.63. The number of aryl methyl sites for hydroxylation is 2. The summed E-state index contributed by atoms with van der Waals surface area (Å²) in [6, 6.07) is 0. The number of hydrogen-bond donors (Lipinski definition) is 1. The number of hydrogen-bond acceptors (Lipinski definition) is 7. The molecule has 0 aromatic carbocycles. The van der Waals surface area contributed by atoms with Crippen molar-refractivity contribution in [2.45, 2.75) is 45.6 Å². The topological polar surface area (TPSA) is 101 Å². The Labute approximate surface area is 165 Å². The minimum atomic E-state index is 0.122. The van der Waals surface area contributed by atoms with Crippen LogP contribution in [0.15, 0.2) is 4.52 Å². The highest BCUT2D eigenvalue weighted by Crippen LogP contribution is 2.27. The van der Waals surface area contributed by atoms with Gasteiger partial charge < -0.3 is 19.1 Å². The van der Waals surface area contributed by atoms with Crippen molar-refractivity contribution in [3.8, 4) is 0 Å². The third kappa shape index (κ3) is 4.41. The number of nitrogens with zero attached hydrogens (tertiary/aromatic N) is 6. The van der Waals surface area contributed by atoms with Gasteiger partial charge in [0.15, 0.2) is 0 Å². The smallest absolute Gasteiger partial charge is 0.227 e. The molecule has 3 heterocycles. The predicted octanol–water partition coefficient (Wildman–Crippen LogP) is 0.793. The van der Waals surface area contributed by atoms with Crippen LogP contribution in [0.5, 0.6) is 0 Å². The molecule has 1 fully saturated rings. The molecule has 0 radical (unpaired) electrons. The van der Waals surface area contributed by atoms with E-state index in [0.717, 1.165) is 54.6 Å². The first-order chi connectivity index (χ1) is 13.4. The monoisotopic (exact) mass is 390 g/mol. The summed E-state index contributed by atoms with van der Waals surface area (Å²) in [5, 5.41) is 21.7. The average molecular weight is 390 g/mol. The van der Waals surface area contributed by atoms with Crippen molar-refractivity contribution < 1.29 is 14.4 Å². The van der Waals surface area contributed by atoms with E-state index in [9.17, 15) is 4.79 Å². The van der Waals surface area contributed by atoms with Crippen molar-refractivity contribution in [2.75, 3.05) is 33.3 Å². The van der Waals surface area contributed by atoms with E-state index in [4.69, 9.17) is 9.63 Å². The zero-order valence-electron chi connectivity index (χ0n) is 17.2. The number of amides is 1. The van der Waals surface area contributed by atoms with Crippen molar-refractivity contribution in [1.82, 2.24) is 29.7 Å². The third-order valence-electron chi connectivity index (χ3n) is 5.61. The van der Waals surface area contributed by atoms with Crippen LogP contribution in [0.25, 0.3) is 0 Å². The maximum Gasteiger partial charge on any atom is 0.227 e. The van der Waals surface area contributed by atoms with Crippen molar-refractivity contribution in [3.05, 3.63) is 28.7 Å². The van der Waals surface area contributed by atoms with Gasteiger partial charge >= 0.3 is 0 Å². The fourth-order valence-corrected chi connectivity index (χ4v) is 3.76. The van der Waals surface area contributed by atoms with Crippen LogP contribution in [0.3, 0.4) is 0 Å². The van der Waals surface area contributed by atoms with E-state index in [1.165, 1.54) is 0 Å². The van der Waals surface area contributed by atoms with Gasteiger partial charge in [-0.1, -0.05) is 5.16 Å². The van der Waals surface area contributed by atoms with E-state index in [0.29, 0.717) is 25.4 Å². The maximum absolute atomic E-state index is 12.7. The summed E-state index contributed by atoms with van der Waals surface area (Å²) in [4.78, 5) is 16.6. The van der Waals surface area contributed by atoms with Crippen LogP contribution in [0.1, 0.15) is 47.4 Å². The van der Waals surface area contributed by atoms with Gasteiger partial charge in [-0.05, 0) is 33.7 Å². The van der Waals surface area contributed by atoms with E-state index in [-0.39, 0.29) is 12.5 Å². The lowest BCUT2D eigenvalue weighted by Gasteiger charge is -2.31. The van der Waals surface area contributed by atoms with Crippen LogP contribution in [-0.2, 0) is 24.8 Å². The molecule has 0 aliphatic carbocycles. The van der Waals surface area contributed by atoms with Gasteiger partial charge in [-0.15, -0.1) is 10.2 Å². The molecule has 0 saturated carbocycles. The number of likely N-dealkylation sites (N-methyl/N-ethyl adjacent to an activating group) is 1. The first kappa shape index (κ1) is 20.5. The molecular weight excluding hydrogens is 360 g/mol. The highest BCUT2D eigenvalue weighted by molar-refractivity contribution is 5.79. The number of rotatable bonds is 7. The number of aliphatic hydroxyl groups is 1. The normalized spacial score (nSPS) is 15.6. The standard InChI is InChI=1S/C19H30N6O3/c1-13-16(14(2)28-22-13)11-18(27)25-7-5-15(6-8-25)19-21-20-17(24(19)4)12-23(3)9-10-26/h15,26H,5-12H2,1-4H3. The van der Waals surface area contributed by atoms with Crippen LogP contribution in [0.4, 0.5) is 0 Å². The number of carbonyl (C=O) groups excluding carboxylic acids is 1. The highest BCUT2D eigenvalue weighted by atomic mass is 16.5. The lowest BCUT2D eigenvalue weighted by atomic mass is 9.95. The van der Waals surface area contributed by atoms with E-state index in [1.807, 2.05) is 37.7 Å². The van der Waals surface area contributed by atoms with Crippen molar-refractivity contribution >= 4 is 5.91 Å². The predicted molar refractivity (Wildman–Crippen MR) is 103 cm³/mol. The fourth-order valence-electron chi connectivity index (χ4n) is 3.76. The molecule has 1 N–H and O–H groups in total. The van der Waals surface area contributed by atoms with Gasteiger partial charge in [0.05, 0.1) is 25.3 Å². The first-order valence-corrected chi connectivity index (χ1v) is 9.77. The van der Waals surface area contributed by atoms with E-state index in [2.05, 4.69) is 19.9 Å². The summed E-state index contributed by atoms with van der Waals surface area (Å²) in [7, 11) is 3.94. The lowest BCUT2D eigenvalue weighted by Crippen LogP contribution is -2.39. The Morgan fingerprint density at radius 1 is 1.29 bits per heavy atom. The second-order valence-corrected chi connectivity index (χ2v) is 7.63. The van der Waals surface area contributed by atoms with Gasteiger partial charge in [-0.3, -0.25) is 9.69 Å². The molecule has 0 atom stereocenters. The summed E-state index contributed by atoms with van der Waals surface area (Å²) >= 11 is 0. The number of piperidine rings is 1. The van der Waals surface area contributed by atoms with Crippen LogP contribution in [0.2, 0.25) is 0 Å². The van der Waals surface area contributed by atoms with Gasteiger partial charge in [0.2, 0.25) is 5.91 Å². The summed E-state index contributed by atoms with van der Waals surface area (Å²) in [6.45, 7) is 6.54. The van der Waals surface area contributed by atoms with Crippen LogP contribution >= 0.6 is 0 Å². The Hall–Kier alpha value is -2.26. The fraction of sp³-hybridized carbons (Fsp3) is 0.684. The number of likely N-dealkylation sites (tertiary alicyclic amines) is 1. The third-order valence-corrected chi connectivity index (χ3v) is 5.61. The SMILES string of the molecule is Cc1noc(C)c1CC(=O)N1CCC(c2nnc(CN(C)CCO)n2C)CC1. The van der Waals surface area contributed by atoms with E-state index >= 15 is 0 Å². The highest BCUT2D eigenvalue weighted by Gasteiger charge is 2.28. The zero-order valence-corrected chi connectivity index (χ0v) is 17.2. The number of aliphatic hydroxyl groups excluding tert-OH is 1. The molecule has 1 aliphatic heterocycles. The molecule has 9 nitrogen and oxygen atoms in total. The summed E-state index contributed by atoms with van der Waals surface area (Å²) in [5.74, 6) is 3.02. The Bertz CT molecular complexity index is 787. The molecular formula is C19H30N6O3. The van der Waals surface area contributed by atoms with Gasteiger partial charge in [0.25, 0.3) is 0 Å². The minimum Gasteiger partial charge on any atom is -0.395 e. The number of carbonyl (C=O) groups is 1. The summed E-state index contributed by atoms with van der Waals surface area (Å²) in [6.07, 6.45) is 2.11. The molecule has 1 saturated heterocycles. The minimum absolute atomic E-state index is 0.122. The summed E-state index contributed by atoms with van der Waals surface area (Å²) < 4.78 is 7.22. The largest absolute Gasteiger partial charge is 0.395 e. The molecule has 0 bridgehead atoms. The van der Waals surface area contributed by atoms with Crippen molar-refractivity contribution in [3.63, 3.8) is 0 Å². The molecule has 0 spiro atoms. The van der Waals surface area contributed by atoms with E-state index in [1.54, 1.807) is 0 Å². The van der Waals surface area contributed by atoms with Gasteiger partial charge in [0, 0.05) is 38.2 Å². The van der Waals surface area contributed by atoms with Crippen LogP contribution < -0.4 is 0 Å². The van der Waals surface area contributed by atoms with Gasteiger partial charge in [-0.25, -0.2) is 0 Å². The summed E-state index contributed by atoms with van der Waals surface area (Å²) in [5.41, 5.74) is 1.69. The van der Waals surface area contributed by atoms with E-state index < -0.39 is 0 Å². The second kappa shape index (κ2) is 8.83. The maximum atomic E-state index is 12.7. The molecule has 0 unspecified atom stereocenters. The Morgan fingerprint density at radius 2 is 2.00 bits per heavy atom. The van der Waals surface area contributed by atoms with Gasteiger partial charge in [-0.2, -0.15) is 0 Å². The molecule has 1 aliphatic rings.